The van der Waals surface area contributed by atoms with Crippen LogP contribution in [0.2, 0.25) is 0 Å². The Morgan fingerprint density at radius 3 is 2.88 bits per heavy atom. The van der Waals surface area contributed by atoms with E-state index in [4.69, 9.17) is 9.15 Å². The predicted octanol–water partition coefficient (Wildman–Crippen LogP) is 4.14. The molecule has 3 aromatic rings. The zero-order valence-electron chi connectivity index (χ0n) is 15.3. The molecule has 4 rings (SSSR count). The van der Waals surface area contributed by atoms with Crippen molar-refractivity contribution < 1.29 is 9.15 Å². The summed E-state index contributed by atoms with van der Waals surface area (Å²) in [5.74, 6) is 0.745. The zero-order chi connectivity index (χ0) is 17.6. The van der Waals surface area contributed by atoms with Gasteiger partial charge in [0.1, 0.15) is 11.8 Å². The van der Waals surface area contributed by atoms with E-state index in [1.165, 1.54) is 5.56 Å². The molecule has 0 atom stereocenters. The summed E-state index contributed by atoms with van der Waals surface area (Å²) in [7, 11) is 0. The first-order valence-electron chi connectivity index (χ1n) is 8.93. The monoisotopic (exact) mass is 340 g/mol. The van der Waals surface area contributed by atoms with Crippen molar-refractivity contribution in [2.75, 3.05) is 11.9 Å². The highest BCUT2D eigenvalue weighted by Gasteiger charge is 2.31. The van der Waals surface area contributed by atoms with Crippen LogP contribution in [-0.2, 0) is 17.8 Å². The normalized spacial score (nSPS) is 16.3. The largest absolute Gasteiger partial charge is 0.432 e. The minimum absolute atomic E-state index is 0.202. The third-order valence-electron chi connectivity index (χ3n) is 4.86. The molecule has 1 N–H and O–H groups in total. The third kappa shape index (κ3) is 2.74. The Bertz CT molecular complexity index is 946. The van der Waals surface area contributed by atoms with Crippen molar-refractivity contribution in [3.63, 3.8) is 0 Å². The molecule has 0 fully saturated rings. The van der Waals surface area contributed by atoms with E-state index in [0.29, 0.717) is 17.9 Å². The number of ether oxygens (including phenoxy) is 1. The number of fused-ring (bicyclic) bond motifs is 5. The van der Waals surface area contributed by atoms with Crippen molar-refractivity contribution in [2.45, 2.75) is 59.2 Å². The Morgan fingerprint density at radius 2 is 2.08 bits per heavy atom. The Morgan fingerprint density at radius 1 is 1.24 bits per heavy atom. The summed E-state index contributed by atoms with van der Waals surface area (Å²) in [4.78, 5) is 13.6. The van der Waals surface area contributed by atoms with Gasteiger partial charge in [0.15, 0.2) is 11.4 Å². The molecule has 4 heterocycles. The quantitative estimate of drug-likeness (QED) is 0.720. The van der Waals surface area contributed by atoms with Gasteiger partial charge in [-0.3, -0.25) is 0 Å². The Labute approximate surface area is 147 Å². The predicted molar refractivity (Wildman–Crippen MR) is 97.8 cm³/mol. The molecular weight excluding hydrogens is 316 g/mol. The highest BCUT2D eigenvalue weighted by molar-refractivity contribution is 6.06. The van der Waals surface area contributed by atoms with Gasteiger partial charge < -0.3 is 14.5 Å². The first-order chi connectivity index (χ1) is 12.0. The number of aryl methyl sites for hydroxylation is 1. The topological polar surface area (TPSA) is 73.1 Å². The van der Waals surface area contributed by atoms with Crippen LogP contribution < -0.4 is 5.32 Å². The van der Waals surface area contributed by atoms with E-state index >= 15 is 0 Å². The average molecular weight is 340 g/mol. The van der Waals surface area contributed by atoms with Crippen LogP contribution in [0.3, 0.4) is 0 Å². The number of unbranched alkanes of at least 4 members (excludes halogenated alkanes) is 1. The van der Waals surface area contributed by atoms with Crippen LogP contribution in [0.25, 0.3) is 22.2 Å². The van der Waals surface area contributed by atoms with Crippen molar-refractivity contribution in [3.05, 3.63) is 23.1 Å². The summed E-state index contributed by atoms with van der Waals surface area (Å²) in [5.41, 5.74) is 5.34. The van der Waals surface area contributed by atoms with Crippen LogP contribution in [0, 0.1) is 6.92 Å². The maximum absolute atomic E-state index is 6.09. The molecule has 0 unspecified atom stereocenters. The SMILES string of the molecule is CCCCNc1ncnc2c1oc1nc(C)c3c(c12)CC(C)(C)OC3. The van der Waals surface area contributed by atoms with Gasteiger partial charge in [-0.1, -0.05) is 13.3 Å². The highest BCUT2D eigenvalue weighted by atomic mass is 16.5. The lowest BCUT2D eigenvalue weighted by atomic mass is 9.89. The minimum Gasteiger partial charge on any atom is -0.432 e. The maximum atomic E-state index is 6.09. The van der Waals surface area contributed by atoms with Crippen molar-refractivity contribution in [1.29, 1.82) is 0 Å². The summed E-state index contributed by atoms with van der Waals surface area (Å²) in [6, 6.07) is 0. The lowest BCUT2D eigenvalue weighted by Crippen LogP contribution is -2.32. The molecule has 0 saturated carbocycles. The van der Waals surface area contributed by atoms with E-state index in [2.05, 4.69) is 41.0 Å². The second kappa shape index (κ2) is 5.95. The lowest BCUT2D eigenvalue weighted by Gasteiger charge is -2.32. The van der Waals surface area contributed by atoms with Crippen LogP contribution in [0.15, 0.2) is 10.7 Å². The summed E-state index contributed by atoms with van der Waals surface area (Å²) < 4.78 is 12.1. The van der Waals surface area contributed by atoms with Crippen molar-refractivity contribution in [1.82, 2.24) is 15.0 Å². The molecule has 25 heavy (non-hydrogen) atoms. The fraction of sp³-hybridized carbons (Fsp3) is 0.526. The number of nitrogens with one attached hydrogen (secondary N) is 1. The molecule has 1 aliphatic rings. The molecule has 0 aliphatic carbocycles. The fourth-order valence-electron chi connectivity index (χ4n) is 3.48. The van der Waals surface area contributed by atoms with Crippen molar-refractivity contribution >= 4 is 28.0 Å². The zero-order valence-corrected chi connectivity index (χ0v) is 15.3. The van der Waals surface area contributed by atoms with Crippen molar-refractivity contribution in [3.8, 4) is 0 Å². The highest BCUT2D eigenvalue weighted by Crippen LogP contribution is 2.39. The van der Waals surface area contributed by atoms with Gasteiger partial charge in [-0.2, -0.15) is 0 Å². The Kier molecular flexibility index (Phi) is 3.87. The third-order valence-corrected chi connectivity index (χ3v) is 4.86. The van der Waals surface area contributed by atoms with Crippen LogP contribution in [0.1, 0.15) is 50.4 Å². The molecule has 0 saturated heterocycles. The smallest absolute Gasteiger partial charge is 0.229 e. The van der Waals surface area contributed by atoms with Gasteiger partial charge in [-0.25, -0.2) is 15.0 Å². The van der Waals surface area contributed by atoms with Crippen LogP contribution in [0.4, 0.5) is 5.82 Å². The summed E-state index contributed by atoms with van der Waals surface area (Å²) in [5, 5.41) is 4.37. The molecule has 0 spiro atoms. The van der Waals surface area contributed by atoms with Gasteiger partial charge in [-0.05, 0) is 32.8 Å². The summed E-state index contributed by atoms with van der Waals surface area (Å²) in [6.45, 7) is 9.86. The number of aromatic nitrogens is 3. The van der Waals surface area contributed by atoms with Crippen LogP contribution in [0.5, 0.6) is 0 Å². The fourth-order valence-corrected chi connectivity index (χ4v) is 3.48. The summed E-state index contributed by atoms with van der Waals surface area (Å²) >= 11 is 0. The molecule has 132 valence electrons. The second-order valence-electron chi connectivity index (χ2n) is 7.34. The number of anilines is 1. The molecule has 6 heteroatoms. The van der Waals surface area contributed by atoms with Gasteiger partial charge in [0, 0.05) is 24.2 Å². The standard InChI is InChI=1S/C19H24N4O2/c1-5-6-7-20-17-16-15(21-10-22-17)14-12-8-19(3,4)24-9-13(12)11(2)23-18(14)25-16/h10H,5-9H2,1-4H3,(H,20,21,22). The first kappa shape index (κ1) is 16.3. The van der Waals surface area contributed by atoms with Gasteiger partial charge in [0.25, 0.3) is 0 Å². The van der Waals surface area contributed by atoms with Gasteiger partial charge in [0.05, 0.1) is 17.6 Å². The van der Waals surface area contributed by atoms with E-state index in [1.54, 1.807) is 6.33 Å². The molecule has 3 aromatic heterocycles. The number of nitrogens with zero attached hydrogens (tertiary/aromatic N) is 3. The first-order valence-corrected chi connectivity index (χ1v) is 8.93. The van der Waals surface area contributed by atoms with E-state index in [-0.39, 0.29) is 5.60 Å². The van der Waals surface area contributed by atoms with Crippen LogP contribution >= 0.6 is 0 Å². The molecule has 6 nitrogen and oxygen atoms in total. The Balaban J connectivity index is 1.93. The van der Waals surface area contributed by atoms with E-state index < -0.39 is 0 Å². The van der Waals surface area contributed by atoms with Gasteiger partial charge >= 0.3 is 0 Å². The Hall–Kier alpha value is -2.21. The molecule has 1 aliphatic heterocycles. The second-order valence-corrected chi connectivity index (χ2v) is 7.34. The average Bonchev–Trinajstić information content (AvgIpc) is 2.93. The number of hydrogen-bond acceptors (Lipinski definition) is 6. The molecule has 0 radical (unpaired) electrons. The number of furan rings is 1. The maximum Gasteiger partial charge on any atom is 0.229 e. The lowest BCUT2D eigenvalue weighted by molar-refractivity contribution is -0.0400. The number of rotatable bonds is 4. The van der Waals surface area contributed by atoms with Crippen LogP contribution in [-0.4, -0.2) is 27.1 Å². The molecule has 0 bridgehead atoms. The van der Waals surface area contributed by atoms with E-state index in [9.17, 15) is 0 Å². The van der Waals surface area contributed by atoms with E-state index in [0.717, 1.165) is 53.8 Å². The van der Waals surface area contributed by atoms with Gasteiger partial charge in [-0.15, -0.1) is 0 Å². The summed E-state index contributed by atoms with van der Waals surface area (Å²) in [6.07, 6.45) is 4.64. The minimum atomic E-state index is -0.202. The van der Waals surface area contributed by atoms with Gasteiger partial charge in [0.2, 0.25) is 5.71 Å². The molecular formula is C19H24N4O2. The van der Waals surface area contributed by atoms with Crippen molar-refractivity contribution in [2.24, 2.45) is 0 Å². The molecule has 0 amide bonds. The number of hydrogen-bond donors (Lipinski definition) is 1. The number of pyridine rings is 1. The van der Waals surface area contributed by atoms with E-state index in [1.807, 2.05) is 6.92 Å². The molecule has 0 aromatic carbocycles.